The molecule has 0 heterocycles. The number of hydrogen-bond acceptors (Lipinski definition) is 2. The summed E-state index contributed by atoms with van der Waals surface area (Å²) in [6, 6.07) is 18.0. The van der Waals surface area contributed by atoms with E-state index in [1.807, 2.05) is 31.2 Å². The standard InChI is InChI=1S/C18H20N2O2/c1-2-3-14-17(21)20(16-12-8-5-9-13-16)19-18(22)15-10-6-4-7-11-15/h4-13H,2-3,14H2,1H3,(H,19,22). The van der Waals surface area contributed by atoms with Gasteiger partial charge in [0.2, 0.25) is 5.91 Å². The minimum atomic E-state index is -0.297. The zero-order chi connectivity index (χ0) is 15.8. The summed E-state index contributed by atoms with van der Waals surface area (Å²) in [5.74, 6) is -0.411. The molecule has 4 heteroatoms. The third-order valence-electron chi connectivity index (χ3n) is 3.26. The van der Waals surface area contributed by atoms with E-state index >= 15 is 0 Å². The summed E-state index contributed by atoms with van der Waals surface area (Å²) in [6.45, 7) is 2.03. The summed E-state index contributed by atoms with van der Waals surface area (Å²) in [7, 11) is 0. The summed E-state index contributed by atoms with van der Waals surface area (Å²) in [5, 5.41) is 1.34. The van der Waals surface area contributed by atoms with E-state index < -0.39 is 0 Å². The van der Waals surface area contributed by atoms with Gasteiger partial charge in [-0.1, -0.05) is 49.7 Å². The van der Waals surface area contributed by atoms with Gasteiger partial charge in [-0.25, -0.2) is 5.01 Å². The van der Waals surface area contributed by atoms with Crippen molar-refractivity contribution in [3.05, 3.63) is 66.2 Å². The van der Waals surface area contributed by atoms with E-state index in [1.54, 1.807) is 36.4 Å². The molecule has 1 N–H and O–H groups in total. The Kier molecular flexibility index (Phi) is 5.72. The van der Waals surface area contributed by atoms with Crippen LogP contribution in [0.5, 0.6) is 0 Å². The highest BCUT2D eigenvalue weighted by molar-refractivity contribution is 6.01. The fourth-order valence-corrected chi connectivity index (χ4v) is 2.04. The van der Waals surface area contributed by atoms with Crippen molar-refractivity contribution in [1.29, 1.82) is 0 Å². The van der Waals surface area contributed by atoms with Crippen LogP contribution < -0.4 is 10.4 Å². The maximum absolute atomic E-state index is 12.4. The molecule has 114 valence electrons. The maximum Gasteiger partial charge on any atom is 0.270 e. The van der Waals surface area contributed by atoms with Gasteiger partial charge in [-0.05, 0) is 30.7 Å². The minimum absolute atomic E-state index is 0.114. The molecule has 0 saturated carbocycles. The zero-order valence-electron chi connectivity index (χ0n) is 12.7. The van der Waals surface area contributed by atoms with Crippen molar-refractivity contribution in [2.45, 2.75) is 26.2 Å². The highest BCUT2D eigenvalue weighted by Crippen LogP contribution is 2.14. The van der Waals surface area contributed by atoms with Gasteiger partial charge in [-0.3, -0.25) is 15.0 Å². The van der Waals surface area contributed by atoms with Crippen molar-refractivity contribution in [1.82, 2.24) is 5.43 Å². The molecule has 0 saturated heterocycles. The van der Waals surface area contributed by atoms with Crippen LogP contribution in [0.25, 0.3) is 0 Å². The van der Waals surface area contributed by atoms with Gasteiger partial charge in [0.25, 0.3) is 5.91 Å². The van der Waals surface area contributed by atoms with E-state index in [9.17, 15) is 9.59 Å². The zero-order valence-corrected chi connectivity index (χ0v) is 12.7. The Morgan fingerprint density at radius 3 is 2.14 bits per heavy atom. The summed E-state index contributed by atoms with van der Waals surface area (Å²) >= 11 is 0. The van der Waals surface area contributed by atoms with Crippen LogP contribution >= 0.6 is 0 Å². The van der Waals surface area contributed by atoms with Crippen molar-refractivity contribution in [2.75, 3.05) is 5.01 Å². The molecule has 4 nitrogen and oxygen atoms in total. The molecule has 0 aromatic heterocycles. The Hall–Kier alpha value is -2.62. The molecule has 2 aromatic carbocycles. The van der Waals surface area contributed by atoms with Crippen LogP contribution in [-0.2, 0) is 4.79 Å². The van der Waals surface area contributed by atoms with E-state index in [0.29, 0.717) is 17.7 Å². The summed E-state index contributed by atoms with van der Waals surface area (Å²) < 4.78 is 0. The molecule has 0 aliphatic carbocycles. The quantitative estimate of drug-likeness (QED) is 0.858. The number of hydrogen-bond donors (Lipinski definition) is 1. The van der Waals surface area contributed by atoms with Gasteiger partial charge in [-0.2, -0.15) is 0 Å². The molecule has 0 spiro atoms. The lowest BCUT2D eigenvalue weighted by Gasteiger charge is -2.23. The molecular weight excluding hydrogens is 276 g/mol. The number of rotatable bonds is 5. The van der Waals surface area contributed by atoms with Crippen molar-refractivity contribution >= 4 is 17.5 Å². The predicted molar refractivity (Wildman–Crippen MR) is 87.4 cm³/mol. The number of amides is 2. The number of nitrogens with zero attached hydrogens (tertiary/aromatic N) is 1. The van der Waals surface area contributed by atoms with Crippen molar-refractivity contribution in [2.24, 2.45) is 0 Å². The Morgan fingerprint density at radius 2 is 1.55 bits per heavy atom. The van der Waals surface area contributed by atoms with E-state index in [4.69, 9.17) is 0 Å². The average Bonchev–Trinajstić information content (AvgIpc) is 2.59. The summed E-state index contributed by atoms with van der Waals surface area (Å²) in [5.41, 5.74) is 3.88. The molecule has 22 heavy (non-hydrogen) atoms. The molecular formula is C18H20N2O2. The van der Waals surface area contributed by atoms with Crippen LogP contribution in [0.3, 0.4) is 0 Å². The number of anilines is 1. The van der Waals surface area contributed by atoms with Crippen LogP contribution in [0.2, 0.25) is 0 Å². The van der Waals surface area contributed by atoms with E-state index in [0.717, 1.165) is 12.8 Å². The van der Waals surface area contributed by atoms with E-state index in [1.165, 1.54) is 5.01 Å². The van der Waals surface area contributed by atoms with Crippen LogP contribution in [0.1, 0.15) is 36.5 Å². The highest BCUT2D eigenvalue weighted by Gasteiger charge is 2.18. The van der Waals surface area contributed by atoms with Crippen LogP contribution in [0, 0.1) is 0 Å². The second-order valence-corrected chi connectivity index (χ2v) is 4.98. The van der Waals surface area contributed by atoms with Crippen molar-refractivity contribution < 1.29 is 9.59 Å². The number of para-hydroxylation sites is 1. The van der Waals surface area contributed by atoms with Crippen molar-refractivity contribution in [3.63, 3.8) is 0 Å². The Bertz CT molecular complexity index is 611. The highest BCUT2D eigenvalue weighted by atomic mass is 16.2. The molecule has 0 bridgehead atoms. The fraction of sp³-hybridized carbons (Fsp3) is 0.222. The van der Waals surface area contributed by atoms with Gasteiger partial charge in [0.1, 0.15) is 0 Å². The lowest BCUT2D eigenvalue weighted by molar-refractivity contribution is -0.119. The van der Waals surface area contributed by atoms with Crippen LogP contribution in [-0.4, -0.2) is 11.8 Å². The topological polar surface area (TPSA) is 49.4 Å². The molecule has 2 rings (SSSR count). The summed E-state index contributed by atoms with van der Waals surface area (Å²) in [4.78, 5) is 24.7. The average molecular weight is 296 g/mol. The number of carbonyl (C=O) groups excluding carboxylic acids is 2. The fourth-order valence-electron chi connectivity index (χ4n) is 2.04. The van der Waals surface area contributed by atoms with Gasteiger partial charge < -0.3 is 0 Å². The Morgan fingerprint density at radius 1 is 0.955 bits per heavy atom. The third kappa shape index (κ3) is 4.19. The van der Waals surface area contributed by atoms with Gasteiger partial charge in [0.15, 0.2) is 0 Å². The van der Waals surface area contributed by atoms with Gasteiger partial charge in [0, 0.05) is 12.0 Å². The minimum Gasteiger partial charge on any atom is -0.273 e. The molecule has 0 fully saturated rings. The molecule has 0 atom stereocenters. The number of hydrazine groups is 1. The predicted octanol–water partition coefficient (Wildman–Crippen LogP) is 3.55. The van der Waals surface area contributed by atoms with Crippen molar-refractivity contribution in [3.8, 4) is 0 Å². The first-order valence-electron chi connectivity index (χ1n) is 7.46. The molecule has 0 aliphatic rings. The number of benzene rings is 2. The number of nitrogens with one attached hydrogen (secondary N) is 1. The first-order chi connectivity index (χ1) is 10.7. The normalized spacial score (nSPS) is 10.0. The van der Waals surface area contributed by atoms with Gasteiger partial charge in [-0.15, -0.1) is 0 Å². The van der Waals surface area contributed by atoms with Gasteiger partial charge >= 0.3 is 0 Å². The second-order valence-electron chi connectivity index (χ2n) is 4.98. The molecule has 0 unspecified atom stereocenters. The summed E-state index contributed by atoms with van der Waals surface area (Å²) in [6.07, 6.45) is 2.13. The second kappa shape index (κ2) is 7.98. The Labute approximate surface area is 130 Å². The largest absolute Gasteiger partial charge is 0.273 e. The molecule has 0 radical (unpaired) electrons. The smallest absolute Gasteiger partial charge is 0.270 e. The first-order valence-corrected chi connectivity index (χ1v) is 7.46. The Balaban J connectivity index is 2.18. The lowest BCUT2D eigenvalue weighted by Crippen LogP contribution is -2.46. The number of unbranched alkanes of at least 4 members (excludes halogenated alkanes) is 1. The van der Waals surface area contributed by atoms with Crippen LogP contribution in [0.4, 0.5) is 5.69 Å². The third-order valence-corrected chi connectivity index (χ3v) is 3.26. The SMILES string of the molecule is CCCCC(=O)N(NC(=O)c1ccccc1)c1ccccc1. The van der Waals surface area contributed by atoms with E-state index in [-0.39, 0.29) is 11.8 Å². The molecule has 2 amide bonds. The monoisotopic (exact) mass is 296 g/mol. The first kappa shape index (κ1) is 15.8. The van der Waals surface area contributed by atoms with Crippen LogP contribution in [0.15, 0.2) is 60.7 Å². The molecule has 2 aromatic rings. The number of carbonyl (C=O) groups is 2. The van der Waals surface area contributed by atoms with E-state index in [2.05, 4.69) is 5.43 Å². The molecule has 0 aliphatic heterocycles. The maximum atomic E-state index is 12.4. The van der Waals surface area contributed by atoms with Gasteiger partial charge in [0.05, 0.1) is 5.69 Å². The lowest BCUT2D eigenvalue weighted by atomic mass is 10.2.